The van der Waals surface area contributed by atoms with Crippen molar-refractivity contribution in [2.45, 2.75) is 35.9 Å². The molecule has 0 spiro atoms. The van der Waals surface area contributed by atoms with Crippen molar-refractivity contribution in [2.75, 3.05) is 31.2 Å². The maximum atomic E-state index is 14.1. The molecule has 0 unspecified atom stereocenters. The standard InChI is InChI=1S/C32H31N5O7S2/c1-18(45-46-29-9-7-22(35-41)15-34-29)17-44-32(40)37-25-14-28(43-3)27(42-2)13-23(25)30(38)36-16-21(12-26(36)31(37)39)19-6-8-24-20(11-19)5-4-10-33-24/h4-11,13-16,18,26,31,35,39,41H,12,17H2,1-3H3/t18-,26+,31+/m1/s1. The van der Waals surface area contributed by atoms with Gasteiger partial charge in [0, 0.05) is 29.1 Å². The molecular formula is C32H31N5O7S2. The number of hydrogen-bond donors (Lipinski definition) is 3. The van der Waals surface area contributed by atoms with Gasteiger partial charge in [0.2, 0.25) is 0 Å². The molecule has 2 aliphatic heterocycles. The maximum absolute atomic E-state index is 14.1. The van der Waals surface area contributed by atoms with E-state index in [4.69, 9.17) is 19.4 Å². The van der Waals surface area contributed by atoms with E-state index in [1.807, 2.05) is 42.7 Å². The summed E-state index contributed by atoms with van der Waals surface area (Å²) in [5, 5.41) is 22.3. The maximum Gasteiger partial charge on any atom is 0.416 e. The third kappa shape index (κ3) is 6.16. The topological polar surface area (TPSA) is 147 Å². The van der Waals surface area contributed by atoms with Crippen molar-refractivity contribution < 1.29 is 34.1 Å². The highest BCUT2D eigenvalue weighted by Crippen LogP contribution is 2.43. The van der Waals surface area contributed by atoms with Crippen molar-refractivity contribution in [3.63, 3.8) is 0 Å². The Morgan fingerprint density at radius 2 is 1.91 bits per heavy atom. The summed E-state index contributed by atoms with van der Waals surface area (Å²) in [6.45, 7) is 1.92. The average Bonchev–Trinajstić information content (AvgIpc) is 3.52. The number of aromatic nitrogens is 2. The van der Waals surface area contributed by atoms with Gasteiger partial charge in [-0.2, -0.15) is 0 Å². The molecule has 4 heterocycles. The molecule has 0 radical (unpaired) electrons. The Balaban J connectivity index is 1.27. The first-order chi connectivity index (χ1) is 22.3. The molecular weight excluding hydrogens is 631 g/mol. The normalized spacial score (nSPS) is 17.9. The summed E-state index contributed by atoms with van der Waals surface area (Å²) >= 11 is 0. The quantitative estimate of drug-likeness (QED) is 0.147. The van der Waals surface area contributed by atoms with Crippen LogP contribution in [0, 0.1) is 0 Å². The molecule has 2 amide bonds. The van der Waals surface area contributed by atoms with Crippen molar-refractivity contribution in [3.05, 3.63) is 84.3 Å². The van der Waals surface area contributed by atoms with Crippen LogP contribution in [0.3, 0.4) is 0 Å². The van der Waals surface area contributed by atoms with E-state index in [-0.39, 0.29) is 28.9 Å². The SMILES string of the molecule is COc1cc2c(cc1OC)N(C(=O)OC[C@@H](C)SSc1ccc(NO)cn1)[C@@H](O)[C@@H]1CC(c3ccc4ncccc4c3)=CN1C2=O. The first kappa shape index (κ1) is 31.5. The minimum Gasteiger partial charge on any atom is -0.493 e. The third-order valence-electron chi connectivity index (χ3n) is 7.69. The van der Waals surface area contributed by atoms with Gasteiger partial charge in [-0.25, -0.2) is 14.7 Å². The summed E-state index contributed by atoms with van der Waals surface area (Å²) in [5.74, 6) is 0.195. The van der Waals surface area contributed by atoms with Crippen LogP contribution >= 0.6 is 21.6 Å². The molecule has 238 valence electrons. The van der Waals surface area contributed by atoms with Crippen LogP contribution in [0.5, 0.6) is 11.5 Å². The van der Waals surface area contributed by atoms with E-state index in [9.17, 15) is 14.7 Å². The van der Waals surface area contributed by atoms with Crippen LogP contribution in [0.4, 0.5) is 16.2 Å². The van der Waals surface area contributed by atoms with E-state index in [0.717, 1.165) is 26.9 Å². The number of carbonyl (C=O) groups is 2. The Kier molecular flexibility index (Phi) is 9.22. The van der Waals surface area contributed by atoms with Gasteiger partial charge in [-0.3, -0.25) is 20.5 Å². The first-order valence-electron chi connectivity index (χ1n) is 14.3. The summed E-state index contributed by atoms with van der Waals surface area (Å²) in [5.41, 5.74) is 5.38. The number of aliphatic hydroxyl groups excluding tert-OH is 1. The highest BCUT2D eigenvalue weighted by molar-refractivity contribution is 8.76. The molecule has 3 N–H and O–H groups in total. The third-order valence-corrected chi connectivity index (χ3v) is 10.5. The summed E-state index contributed by atoms with van der Waals surface area (Å²) in [6, 6.07) is 15.3. The number of ether oxygens (including phenoxy) is 3. The van der Waals surface area contributed by atoms with E-state index < -0.39 is 24.3 Å². The molecule has 6 rings (SSSR count). The van der Waals surface area contributed by atoms with Gasteiger partial charge >= 0.3 is 6.09 Å². The second-order valence-corrected chi connectivity index (χ2v) is 13.3. The lowest BCUT2D eigenvalue weighted by molar-refractivity contribution is 0.0553. The van der Waals surface area contributed by atoms with E-state index in [2.05, 4.69) is 9.97 Å². The largest absolute Gasteiger partial charge is 0.493 e. The molecule has 0 saturated carbocycles. The number of rotatable bonds is 9. The number of benzene rings is 2. The number of anilines is 2. The number of pyridine rings is 2. The molecule has 0 bridgehead atoms. The number of fused-ring (bicyclic) bond motifs is 3. The molecule has 0 saturated heterocycles. The molecule has 0 fully saturated rings. The fourth-order valence-electron chi connectivity index (χ4n) is 5.38. The van der Waals surface area contributed by atoms with E-state index in [1.165, 1.54) is 59.0 Å². The Bertz CT molecular complexity index is 1810. The first-order valence-corrected chi connectivity index (χ1v) is 16.5. The van der Waals surface area contributed by atoms with Crippen LogP contribution in [0.15, 0.2) is 78.2 Å². The molecule has 12 nitrogen and oxygen atoms in total. The number of methoxy groups -OCH3 is 2. The summed E-state index contributed by atoms with van der Waals surface area (Å²) in [4.78, 5) is 39.1. The molecule has 3 atom stereocenters. The number of nitrogens with one attached hydrogen (secondary N) is 1. The van der Waals surface area contributed by atoms with E-state index in [1.54, 1.807) is 24.5 Å². The van der Waals surface area contributed by atoms with Gasteiger partial charge in [-0.1, -0.05) is 22.9 Å². The highest BCUT2D eigenvalue weighted by Gasteiger charge is 2.45. The van der Waals surface area contributed by atoms with Crippen LogP contribution in [0.2, 0.25) is 0 Å². The van der Waals surface area contributed by atoms with Crippen LogP contribution in [0.25, 0.3) is 16.5 Å². The lowest BCUT2D eigenvalue weighted by atomic mass is 9.99. The van der Waals surface area contributed by atoms with Gasteiger partial charge in [0.05, 0.1) is 48.9 Å². The molecule has 4 aromatic rings. The second kappa shape index (κ2) is 13.5. The molecule has 14 heteroatoms. The molecule has 2 aromatic heterocycles. The van der Waals surface area contributed by atoms with Gasteiger partial charge in [-0.15, -0.1) is 0 Å². The summed E-state index contributed by atoms with van der Waals surface area (Å²) in [6.07, 6.45) is 3.01. The zero-order valence-electron chi connectivity index (χ0n) is 25.1. The van der Waals surface area contributed by atoms with Gasteiger partial charge in [0.15, 0.2) is 17.7 Å². The summed E-state index contributed by atoms with van der Waals surface area (Å²) in [7, 11) is 5.76. The highest BCUT2D eigenvalue weighted by atomic mass is 33.1. The molecule has 46 heavy (non-hydrogen) atoms. The predicted octanol–water partition coefficient (Wildman–Crippen LogP) is 5.81. The van der Waals surface area contributed by atoms with Crippen molar-refractivity contribution in [1.82, 2.24) is 14.9 Å². The second-order valence-electron chi connectivity index (χ2n) is 10.6. The van der Waals surface area contributed by atoms with Crippen molar-refractivity contribution in [3.8, 4) is 11.5 Å². The zero-order valence-corrected chi connectivity index (χ0v) is 26.7. The minimum atomic E-state index is -1.44. The Morgan fingerprint density at radius 1 is 1.11 bits per heavy atom. The molecule has 2 aliphatic rings. The van der Waals surface area contributed by atoms with E-state index >= 15 is 0 Å². The molecule has 0 aliphatic carbocycles. The van der Waals surface area contributed by atoms with Crippen molar-refractivity contribution in [2.24, 2.45) is 0 Å². The van der Waals surface area contributed by atoms with E-state index in [0.29, 0.717) is 22.9 Å². The number of carbonyl (C=O) groups excluding carboxylic acids is 2. The monoisotopic (exact) mass is 661 g/mol. The van der Waals surface area contributed by atoms with Crippen LogP contribution in [0.1, 0.15) is 29.3 Å². The van der Waals surface area contributed by atoms with Gasteiger partial charge in [0.25, 0.3) is 5.91 Å². The average molecular weight is 662 g/mol. The van der Waals surface area contributed by atoms with Crippen LogP contribution in [-0.4, -0.2) is 75.5 Å². The summed E-state index contributed by atoms with van der Waals surface area (Å²) < 4.78 is 16.7. The van der Waals surface area contributed by atoms with Gasteiger partial charge in [-0.05, 0) is 71.7 Å². The number of aliphatic hydroxyl groups is 1. The van der Waals surface area contributed by atoms with Gasteiger partial charge in [0.1, 0.15) is 11.6 Å². The lowest BCUT2D eigenvalue weighted by Crippen LogP contribution is -2.50. The fraction of sp³-hybridized carbons (Fsp3) is 0.250. The van der Waals surface area contributed by atoms with Crippen molar-refractivity contribution in [1.29, 1.82) is 0 Å². The van der Waals surface area contributed by atoms with Gasteiger partial charge < -0.3 is 24.2 Å². The Hall–Kier alpha value is -4.50. The predicted molar refractivity (Wildman–Crippen MR) is 176 cm³/mol. The minimum absolute atomic E-state index is 0.0234. The Labute approximate surface area is 272 Å². The van der Waals surface area contributed by atoms with Crippen molar-refractivity contribution >= 4 is 61.4 Å². The number of hydrogen-bond acceptors (Lipinski definition) is 12. The lowest BCUT2D eigenvalue weighted by Gasteiger charge is -2.32. The molecule has 2 aromatic carbocycles. The Morgan fingerprint density at radius 3 is 2.65 bits per heavy atom. The fourth-order valence-corrected chi connectivity index (χ4v) is 7.23. The number of amides is 2. The zero-order chi connectivity index (χ0) is 32.4. The van der Waals surface area contributed by atoms with Crippen LogP contribution < -0.4 is 19.9 Å². The number of nitrogens with zero attached hydrogens (tertiary/aromatic N) is 4. The van der Waals surface area contributed by atoms with Crippen LogP contribution in [-0.2, 0) is 4.74 Å². The smallest absolute Gasteiger partial charge is 0.416 e.